The highest BCUT2D eigenvalue weighted by Crippen LogP contribution is 2.39. The second kappa shape index (κ2) is 16.5. The summed E-state index contributed by atoms with van der Waals surface area (Å²) < 4.78 is 9.15. The molecule has 3 aromatic heterocycles. The molecule has 0 aliphatic carbocycles. The quantitative estimate of drug-likeness (QED) is 0.100. The molecular weight excluding hydrogens is 703 g/mol. The Kier molecular flexibility index (Phi) is 11.7. The molecule has 262 valence electrons. The van der Waals surface area contributed by atoms with Crippen LogP contribution in [0.1, 0.15) is 48.8 Å². The Morgan fingerprint density at radius 3 is 2.13 bits per heavy atom. The summed E-state index contributed by atoms with van der Waals surface area (Å²) in [5, 5.41) is 6.17. The lowest BCUT2D eigenvalue weighted by Crippen LogP contribution is -2.66. The molecule has 0 atom stereocenters. The zero-order valence-electron chi connectivity index (χ0n) is 29.3. The SMILES string of the molecule is CC(C)(C)[Si](OCc1c(Cl)ccc(-n2cccc2CNC(=O)C=Cc2ccc(C=Cc3ccncc3)nc2)c1Cl)(c1ccccc1)c1ccccc1. The van der Waals surface area contributed by atoms with E-state index in [1.165, 1.54) is 16.4 Å². The summed E-state index contributed by atoms with van der Waals surface area (Å²) >= 11 is 14.0. The maximum atomic E-state index is 12.8. The van der Waals surface area contributed by atoms with Crippen LogP contribution in [0.15, 0.2) is 140 Å². The molecule has 1 amide bonds. The standard InChI is InChI=1S/C43H40Cl2N4O2Si/c1-43(2,3)52(36-12-6-4-7-13-36,37-14-8-5-9-15-37)51-31-38-39(44)21-22-40(42(38)45)49-28-10-11-35(49)30-48-41(50)23-18-33-17-20-34(47-29-33)19-16-32-24-26-46-27-25-32/h4-29H,30-31H2,1-3H3,(H,48,50). The number of pyridine rings is 2. The van der Waals surface area contributed by atoms with Crippen LogP contribution in [0.2, 0.25) is 15.1 Å². The van der Waals surface area contributed by atoms with Gasteiger partial charge in [0.15, 0.2) is 0 Å². The number of halogens is 2. The molecule has 6 nitrogen and oxygen atoms in total. The van der Waals surface area contributed by atoms with Crippen molar-refractivity contribution in [3.05, 3.63) is 178 Å². The maximum absolute atomic E-state index is 12.8. The molecule has 9 heteroatoms. The van der Waals surface area contributed by atoms with Gasteiger partial charge >= 0.3 is 0 Å². The van der Waals surface area contributed by atoms with Crippen LogP contribution in [-0.2, 0) is 22.4 Å². The fourth-order valence-electron chi connectivity index (χ4n) is 6.32. The Labute approximate surface area is 316 Å². The zero-order chi connectivity index (χ0) is 36.6. The van der Waals surface area contributed by atoms with Gasteiger partial charge < -0.3 is 14.3 Å². The highest BCUT2D eigenvalue weighted by Gasteiger charge is 2.50. The summed E-state index contributed by atoms with van der Waals surface area (Å²) in [5.74, 6) is -0.226. The predicted molar refractivity (Wildman–Crippen MR) is 216 cm³/mol. The number of amides is 1. The monoisotopic (exact) mass is 742 g/mol. The minimum absolute atomic E-state index is 0.204. The van der Waals surface area contributed by atoms with Crippen molar-refractivity contribution in [3.63, 3.8) is 0 Å². The molecule has 3 heterocycles. The first-order chi connectivity index (χ1) is 25.2. The average molecular weight is 744 g/mol. The van der Waals surface area contributed by atoms with Crippen LogP contribution < -0.4 is 15.7 Å². The van der Waals surface area contributed by atoms with Crippen LogP contribution in [-0.4, -0.2) is 28.8 Å². The van der Waals surface area contributed by atoms with E-state index in [1.54, 1.807) is 24.7 Å². The molecule has 0 unspecified atom stereocenters. The lowest BCUT2D eigenvalue weighted by atomic mass is 10.2. The van der Waals surface area contributed by atoms with E-state index in [9.17, 15) is 4.79 Å². The van der Waals surface area contributed by atoms with Crippen LogP contribution in [0.3, 0.4) is 0 Å². The van der Waals surface area contributed by atoms with Gasteiger partial charge in [-0.25, -0.2) is 0 Å². The summed E-state index contributed by atoms with van der Waals surface area (Å²) in [7, 11) is -2.84. The Morgan fingerprint density at radius 2 is 1.50 bits per heavy atom. The number of nitrogens with zero attached hydrogens (tertiary/aromatic N) is 3. The van der Waals surface area contributed by atoms with Gasteiger partial charge in [-0.2, -0.15) is 0 Å². The summed E-state index contributed by atoms with van der Waals surface area (Å²) in [4.78, 5) is 21.4. The number of nitrogens with one attached hydrogen (secondary N) is 1. The lowest BCUT2D eigenvalue weighted by Gasteiger charge is -2.43. The molecule has 1 N–H and O–H groups in total. The van der Waals surface area contributed by atoms with E-state index in [-0.39, 0.29) is 17.6 Å². The predicted octanol–water partition coefficient (Wildman–Crippen LogP) is 9.15. The van der Waals surface area contributed by atoms with Gasteiger partial charge in [-0.05, 0) is 81.2 Å². The topological polar surface area (TPSA) is 69.0 Å². The minimum atomic E-state index is -2.84. The summed E-state index contributed by atoms with van der Waals surface area (Å²) in [6.07, 6.45) is 14.3. The minimum Gasteiger partial charge on any atom is -0.403 e. The highest BCUT2D eigenvalue weighted by atomic mass is 35.5. The first-order valence-electron chi connectivity index (χ1n) is 17.0. The van der Waals surface area contributed by atoms with Gasteiger partial charge in [0.1, 0.15) is 0 Å². The average Bonchev–Trinajstić information content (AvgIpc) is 3.63. The molecule has 0 saturated carbocycles. The zero-order valence-corrected chi connectivity index (χ0v) is 31.9. The Bertz CT molecular complexity index is 2120. The summed E-state index contributed by atoms with van der Waals surface area (Å²) in [6.45, 7) is 7.25. The van der Waals surface area contributed by atoms with Crippen molar-refractivity contribution in [2.24, 2.45) is 0 Å². The van der Waals surface area contributed by atoms with Crippen LogP contribution in [0, 0.1) is 0 Å². The van der Waals surface area contributed by atoms with E-state index in [0.29, 0.717) is 22.2 Å². The molecule has 0 spiro atoms. The van der Waals surface area contributed by atoms with Crippen molar-refractivity contribution in [1.82, 2.24) is 19.9 Å². The van der Waals surface area contributed by atoms with Crippen molar-refractivity contribution >= 4 is 66.0 Å². The molecule has 0 aliphatic heterocycles. The molecule has 6 aromatic rings. The molecule has 0 radical (unpaired) electrons. The Hall–Kier alpha value is -5.05. The Morgan fingerprint density at radius 1 is 0.808 bits per heavy atom. The smallest absolute Gasteiger partial charge is 0.261 e. The number of carbonyl (C=O) groups excluding carboxylic acids is 1. The van der Waals surface area contributed by atoms with Gasteiger partial charge in [0.25, 0.3) is 8.32 Å². The molecule has 0 bridgehead atoms. The number of benzene rings is 3. The molecular formula is C43H40Cl2N4O2Si. The molecule has 6 rings (SSSR count). The van der Waals surface area contributed by atoms with E-state index in [4.69, 9.17) is 27.6 Å². The normalized spacial score (nSPS) is 12.1. The number of aromatic nitrogens is 3. The second-order valence-corrected chi connectivity index (χ2v) is 18.5. The second-order valence-electron chi connectivity index (χ2n) is 13.4. The van der Waals surface area contributed by atoms with E-state index < -0.39 is 8.32 Å². The third-order valence-electron chi connectivity index (χ3n) is 8.94. The van der Waals surface area contributed by atoms with Gasteiger partial charge in [-0.1, -0.05) is 117 Å². The summed E-state index contributed by atoms with van der Waals surface area (Å²) in [5.41, 5.74) is 5.01. The molecule has 0 fully saturated rings. The van der Waals surface area contributed by atoms with E-state index in [0.717, 1.165) is 28.2 Å². The number of carbonyl (C=O) groups is 1. The molecule has 0 aliphatic rings. The van der Waals surface area contributed by atoms with Crippen LogP contribution >= 0.6 is 23.2 Å². The fraction of sp³-hybridized carbons (Fsp3) is 0.140. The van der Waals surface area contributed by atoms with Gasteiger partial charge in [0.05, 0.1) is 29.6 Å². The van der Waals surface area contributed by atoms with Crippen LogP contribution in [0.4, 0.5) is 0 Å². The van der Waals surface area contributed by atoms with Crippen molar-refractivity contribution in [1.29, 1.82) is 0 Å². The summed E-state index contributed by atoms with van der Waals surface area (Å²) in [6, 6.07) is 36.3. The number of hydrogen-bond donors (Lipinski definition) is 1. The Balaban J connectivity index is 1.17. The van der Waals surface area contributed by atoms with Gasteiger partial charge in [0, 0.05) is 47.1 Å². The van der Waals surface area contributed by atoms with E-state index in [1.807, 2.05) is 83.6 Å². The number of hydrogen-bond acceptors (Lipinski definition) is 4. The van der Waals surface area contributed by atoms with Crippen molar-refractivity contribution in [2.45, 2.75) is 39.0 Å². The van der Waals surface area contributed by atoms with Gasteiger partial charge in [-0.15, -0.1) is 0 Å². The molecule has 52 heavy (non-hydrogen) atoms. The lowest BCUT2D eigenvalue weighted by molar-refractivity contribution is -0.116. The first kappa shape index (κ1) is 36.7. The molecule has 0 saturated heterocycles. The van der Waals surface area contributed by atoms with Crippen molar-refractivity contribution in [2.75, 3.05) is 0 Å². The highest BCUT2D eigenvalue weighted by molar-refractivity contribution is 6.99. The number of rotatable bonds is 12. The fourth-order valence-corrected chi connectivity index (χ4v) is 11.4. The van der Waals surface area contributed by atoms with Crippen LogP contribution in [0.25, 0.3) is 23.9 Å². The maximum Gasteiger partial charge on any atom is 0.261 e. The largest absolute Gasteiger partial charge is 0.403 e. The van der Waals surface area contributed by atoms with Gasteiger partial charge in [0.2, 0.25) is 5.91 Å². The van der Waals surface area contributed by atoms with Gasteiger partial charge in [-0.3, -0.25) is 14.8 Å². The van der Waals surface area contributed by atoms with Crippen molar-refractivity contribution < 1.29 is 9.22 Å². The third kappa shape index (κ3) is 8.35. The third-order valence-corrected chi connectivity index (χ3v) is 14.7. The van der Waals surface area contributed by atoms with Crippen LogP contribution in [0.5, 0.6) is 0 Å². The van der Waals surface area contributed by atoms with E-state index in [2.05, 4.69) is 84.6 Å². The van der Waals surface area contributed by atoms with Crippen molar-refractivity contribution in [3.8, 4) is 5.69 Å². The first-order valence-corrected chi connectivity index (χ1v) is 19.7. The van der Waals surface area contributed by atoms with E-state index >= 15 is 0 Å². The molecule has 3 aromatic carbocycles.